The smallest absolute Gasteiger partial charge is 0.0795 e. The summed E-state index contributed by atoms with van der Waals surface area (Å²) in [7, 11) is 0. The molecule has 0 aliphatic heterocycles. The Balaban J connectivity index is 1.87. The van der Waals surface area contributed by atoms with Gasteiger partial charge in [-0.2, -0.15) is 5.10 Å². The van der Waals surface area contributed by atoms with Crippen LogP contribution in [-0.2, 0) is 6.54 Å². The summed E-state index contributed by atoms with van der Waals surface area (Å²) in [4.78, 5) is 4.25. The van der Waals surface area contributed by atoms with Gasteiger partial charge < -0.3 is 5.32 Å². The van der Waals surface area contributed by atoms with E-state index in [9.17, 15) is 0 Å². The first kappa shape index (κ1) is 9.36. The first-order valence-corrected chi connectivity index (χ1v) is 5.40. The predicted molar refractivity (Wildman–Crippen MR) is 56.0 cm³/mol. The summed E-state index contributed by atoms with van der Waals surface area (Å²) in [6, 6.07) is 2.24. The Morgan fingerprint density at radius 1 is 1.64 bits per heavy atom. The van der Waals surface area contributed by atoms with E-state index in [-0.39, 0.29) is 6.04 Å². The van der Waals surface area contributed by atoms with Crippen molar-refractivity contribution in [1.82, 2.24) is 20.5 Å². The number of nitrogens with zero attached hydrogens (tertiary/aromatic N) is 2. The standard InChI is InChI=1S/C9H12N4S/c1-7(9-5-14-6-11-9)10-4-8-2-3-12-13-8/h2-3,5-7,10H,4H2,1H3,(H,12,13). The van der Waals surface area contributed by atoms with Gasteiger partial charge in [-0.1, -0.05) is 0 Å². The zero-order valence-electron chi connectivity index (χ0n) is 7.90. The van der Waals surface area contributed by atoms with Gasteiger partial charge in [0.1, 0.15) is 0 Å². The summed E-state index contributed by atoms with van der Waals surface area (Å²) in [5, 5.41) is 12.2. The summed E-state index contributed by atoms with van der Waals surface area (Å²) in [6.07, 6.45) is 1.75. The Hall–Kier alpha value is -1.20. The molecule has 0 aliphatic rings. The monoisotopic (exact) mass is 208 g/mol. The fraction of sp³-hybridized carbons (Fsp3) is 0.333. The van der Waals surface area contributed by atoms with Crippen molar-refractivity contribution in [2.45, 2.75) is 19.5 Å². The highest BCUT2D eigenvalue weighted by Crippen LogP contribution is 2.12. The van der Waals surface area contributed by atoms with Crippen molar-refractivity contribution in [3.05, 3.63) is 34.5 Å². The summed E-state index contributed by atoms with van der Waals surface area (Å²) in [5.74, 6) is 0. The minimum absolute atomic E-state index is 0.282. The number of hydrogen-bond donors (Lipinski definition) is 2. The van der Waals surface area contributed by atoms with Crippen LogP contribution in [0.2, 0.25) is 0 Å². The lowest BCUT2D eigenvalue weighted by Crippen LogP contribution is -2.18. The van der Waals surface area contributed by atoms with E-state index in [0.29, 0.717) is 0 Å². The van der Waals surface area contributed by atoms with E-state index >= 15 is 0 Å². The highest BCUT2D eigenvalue weighted by molar-refractivity contribution is 7.07. The lowest BCUT2D eigenvalue weighted by atomic mass is 10.2. The van der Waals surface area contributed by atoms with Crippen LogP contribution in [-0.4, -0.2) is 15.2 Å². The average Bonchev–Trinajstić information content (AvgIpc) is 2.87. The second-order valence-electron chi connectivity index (χ2n) is 3.10. The predicted octanol–water partition coefficient (Wildman–Crippen LogP) is 1.72. The average molecular weight is 208 g/mol. The van der Waals surface area contributed by atoms with Crippen LogP contribution < -0.4 is 5.32 Å². The van der Waals surface area contributed by atoms with E-state index in [1.165, 1.54) is 0 Å². The molecule has 0 radical (unpaired) electrons. The van der Waals surface area contributed by atoms with Gasteiger partial charge in [0.2, 0.25) is 0 Å². The zero-order chi connectivity index (χ0) is 9.80. The normalized spacial score (nSPS) is 12.9. The van der Waals surface area contributed by atoms with Crippen molar-refractivity contribution in [3.63, 3.8) is 0 Å². The molecule has 2 aromatic rings. The lowest BCUT2D eigenvalue weighted by molar-refractivity contribution is 0.557. The fourth-order valence-corrected chi connectivity index (χ4v) is 1.83. The maximum absolute atomic E-state index is 4.25. The molecule has 0 amide bonds. The van der Waals surface area contributed by atoms with E-state index < -0.39 is 0 Å². The highest BCUT2D eigenvalue weighted by atomic mass is 32.1. The topological polar surface area (TPSA) is 53.6 Å². The minimum Gasteiger partial charge on any atom is -0.303 e. The first-order valence-electron chi connectivity index (χ1n) is 4.46. The molecule has 0 aromatic carbocycles. The molecule has 0 spiro atoms. The van der Waals surface area contributed by atoms with E-state index in [0.717, 1.165) is 17.9 Å². The largest absolute Gasteiger partial charge is 0.303 e. The fourth-order valence-electron chi connectivity index (χ4n) is 1.19. The minimum atomic E-state index is 0.282. The molecule has 0 bridgehead atoms. The molecular weight excluding hydrogens is 196 g/mol. The number of thiazole rings is 1. The Kier molecular flexibility index (Phi) is 2.90. The van der Waals surface area contributed by atoms with Crippen LogP contribution in [0.15, 0.2) is 23.2 Å². The molecule has 0 fully saturated rings. The third kappa shape index (κ3) is 2.18. The van der Waals surface area contributed by atoms with Gasteiger partial charge in [-0.3, -0.25) is 5.10 Å². The Morgan fingerprint density at radius 2 is 2.57 bits per heavy atom. The molecule has 2 aromatic heterocycles. The van der Waals surface area contributed by atoms with Gasteiger partial charge in [0.15, 0.2) is 0 Å². The first-order chi connectivity index (χ1) is 6.86. The van der Waals surface area contributed by atoms with Gasteiger partial charge in [-0.15, -0.1) is 11.3 Å². The molecule has 1 atom stereocenters. The van der Waals surface area contributed by atoms with Gasteiger partial charge in [0, 0.05) is 29.9 Å². The SMILES string of the molecule is CC(NCc1ccn[nH]1)c1cscn1. The van der Waals surface area contributed by atoms with Crippen LogP contribution in [0.1, 0.15) is 24.4 Å². The van der Waals surface area contributed by atoms with Crippen LogP contribution >= 0.6 is 11.3 Å². The third-order valence-electron chi connectivity index (χ3n) is 2.05. The molecule has 1 unspecified atom stereocenters. The van der Waals surface area contributed by atoms with Crippen LogP contribution in [0.4, 0.5) is 0 Å². The van der Waals surface area contributed by atoms with Gasteiger partial charge in [0.25, 0.3) is 0 Å². The molecule has 2 N–H and O–H groups in total. The molecule has 2 rings (SSSR count). The van der Waals surface area contributed by atoms with E-state index in [4.69, 9.17) is 0 Å². The second-order valence-corrected chi connectivity index (χ2v) is 3.82. The van der Waals surface area contributed by atoms with Gasteiger partial charge in [-0.25, -0.2) is 4.98 Å². The Morgan fingerprint density at radius 3 is 3.21 bits per heavy atom. The molecule has 0 saturated heterocycles. The van der Waals surface area contributed by atoms with Crippen molar-refractivity contribution >= 4 is 11.3 Å². The summed E-state index contributed by atoms with van der Waals surface area (Å²) in [6.45, 7) is 2.89. The molecule has 14 heavy (non-hydrogen) atoms. The number of hydrogen-bond acceptors (Lipinski definition) is 4. The summed E-state index contributed by atoms with van der Waals surface area (Å²) in [5.41, 5.74) is 4.03. The molecule has 4 nitrogen and oxygen atoms in total. The number of aromatic nitrogens is 3. The Labute approximate surface area is 86.4 Å². The third-order valence-corrected chi connectivity index (χ3v) is 2.66. The van der Waals surface area contributed by atoms with Crippen LogP contribution in [0, 0.1) is 0 Å². The molecular formula is C9H12N4S. The van der Waals surface area contributed by atoms with Gasteiger partial charge >= 0.3 is 0 Å². The zero-order valence-corrected chi connectivity index (χ0v) is 8.71. The number of rotatable bonds is 4. The summed E-state index contributed by atoms with van der Waals surface area (Å²) >= 11 is 1.62. The quantitative estimate of drug-likeness (QED) is 0.804. The molecule has 0 aliphatic carbocycles. The van der Waals surface area contributed by atoms with Gasteiger partial charge in [0.05, 0.1) is 11.2 Å². The number of nitrogens with one attached hydrogen (secondary N) is 2. The molecule has 74 valence electrons. The van der Waals surface area contributed by atoms with E-state index in [1.54, 1.807) is 17.5 Å². The lowest BCUT2D eigenvalue weighted by Gasteiger charge is -2.09. The van der Waals surface area contributed by atoms with Crippen molar-refractivity contribution < 1.29 is 0 Å². The molecule has 2 heterocycles. The second kappa shape index (κ2) is 4.34. The summed E-state index contributed by atoms with van der Waals surface area (Å²) < 4.78 is 0. The molecule has 5 heteroatoms. The van der Waals surface area contributed by atoms with Gasteiger partial charge in [-0.05, 0) is 13.0 Å². The number of H-pyrrole nitrogens is 1. The highest BCUT2D eigenvalue weighted by Gasteiger charge is 2.06. The van der Waals surface area contributed by atoms with Crippen molar-refractivity contribution in [2.24, 2.45) is 0 Å². The van der Waals surface area contributed by atoms with E-state index in [2.05, 4.69) is 32.8 Å². The Bertz CT molecular complexity index is 354. The number of aromatic amines is 1. The van der Waals surface area contributed by atoms with Crippen molar-refractivity contribution in [1.29, 1.82) is 0 Å². The van der Waals surface area contributed by atoms with Crippen molar-refractivity contribution in [3.8, 4) is 0 Å². The van der Waals surface area contributed by atoms with Crippen LogP contribution in [0.25, 0.3) is 0 Å². The maximum atomic E-state index is 4.25. The van der Waals surface area contributed by atoms with E-state index in [1.807, 2.05) is 11.6 Å². The van der Waals surface area contributed by atoms with Crippen LogP contribution in [0.5, 0.6) is 0 Å². The molecule has 0 saturated carbocycles. The maximum Gasteiger partial charge on any atom is 0.0795 e. The van der Waals surface area contributed by atoms with Crippen molar-refractivity contribution in [2.75, 3.05) is 0 Å². The van der Waals surface area contributed by atoms with Crippen LogP contribution in [0.3, 0.4) is 0 Å².